The van der Waals surface area contributed by atoms with Crippen molar-refractivity contribution in [3.63, 3.8) is 0 Å². The predicted molar refractivity (Wildman–Crippen MR) is 115 cm³/mol. The molecule has 29 heavy (non-hydrogen) atoms. The van der Waals surface area contributed by atoms with Gasteiger partial charge in [-0.1, -0.05) is 18.9 Å². The Labute approximate surface area is 177 Å². The van der Waals surface area contributed by atoms with Crippen molar-refractivity contribution in [3.05, 3.63) is 39.3 Å². The van der Waals surface area contributed by atoms with Crippen molar-refractivity contribution >= 4 is 17.2 Å². The fraction of sp³-hybridized carbons (Fsp3) is 0.636. The van der Waals surface area contributed by atoms with Crippen molar-refractivity contribution in [2.45, 2.75) is 64.1 Å². The van der Waals surface area contributed by atoms with Crippen LogP contribution in [0.25, 0.3) is 0 Å². The van der Waals surface area contributed by atoms with E-state index in [0.29, 0.717) is 6.42 Å². The number of rotatable bonds is 5. The van der Waals surface area contributed by atoms with Gasteiger partial charge in [-0.05, 0) is 38.1 Å². The molecule has 2 aromatic rings. The number of hydrogen-bond acceptors (Lipinski definition) is 5. The molecule has 1 N–H and O–H groups in total. The van der Waals surface area contributed by atoms with Crippen LogP contribution >= 0.6 is 11.3 Å². The van der Waals surface area contributed by atoms with Crippen LogP contribution in [0.3, 0.4) is 0 Å². The lowest BCUT2D eigenvalue weighted by molar-refractivity contribution is -0.151. The molecule has 2 aliphatic rings. The second kappa shape index (κ2) is 8.58. The quantitative estimate of drug-likeness (QED) is 0.814. The van der Waals surface area contributed by atoms with Gasteiger partial charge in [-0.3, -0.25) is 14.4 Å². The zero-order valence-electron chi connectivity index (χ0n) is 17.7. The molecule has 0 aromatic carbocycles. The number of nitrogens with one attached hydrogen (secondary N) is 1. The van der Waals surface area contributed by atoms with Gasteiger partial charge in [0.15, 0.2) is 0 Å². The molecule has 0 unspecified atom stereocenters. The van der Waals surface area contributed by atoms with E-state index in [-0.39, 0.29) is 17.6 Å². The zero-order chi connectivity index (χ0) is 20.4. The molecule has 1 saturated carbocycles. The largest absolute Gasteiger partial charge is 0.370 e. The first-order chi connectivity index (χ1) is 14.0. The first kappa shape index (κ1) is 20.6. The van der Waals surface area contributed by atoms with Crippen LogP contribution in [0.1, 0.15) is 47.5 Å². The summed E-state index contributed by atoms with van der Waals surface area (Å²) in [6.07, 6.45) is 4.78. The first-order valence-corrected chi connectivity index (χ1v) is 11.5. The summed E-state index contributed by atoms with van der Waals surface area (Å²) in [5.41, 5.74) is 3.38. The number of carbonyl (C=O) groups is 1. The standard InChI is InChI=1S/C22H32N4O2S/c1-16-19(17(2)25(3)24-16)14-26-10-11-28-22(15-26)9-5-4-8-20(22)23-21(27)13-18-7-6-12-29-18/h6-7,12,20H,4-5,8-11,13-15H2,1-3H3,(H,23,27)/t20-,22-/m1/s1. The number of aromatic nitrogens is 2. The maximum absolute atomic E-state index is 12.7. The second-order valence-electron chi connectivity index (χ2n) is 8.52. The number of nitrogens with zero attached hydrogens (tertiary/aromatic N) is 3. The minimum absolute atomic E-state index is 0.0857. The third kappa shape index (κ3) is 4.42. The number of carbonyl (C=O) groups excluding carboxylic acids is 1. The van der Waals surface area contributed by atoms with Gasteiger partial charge in [0.2, 0.25) is 5.91 Å². The Kier molecular flexibility index (Phi) is 6.08. The van der Waals surface area contributed by atoms with Crippen LogP contribution in [0.2, 0.25) is 0 Å². The Hall–Kier alpha value is -1.70. The number of ether oxygens (including phenoxy) is 1. The first-order valence-electron chi connectivity index (χ1n) is 10.6. The zero-order valence-corrected chi connectivity index (χ0v) is 18.6. The van der Waals surface area contributed by atoms with Gasteiger partial charge < -0.3 is 10.1 Å². The highest BCUT2D eigenvalue weighted by molar-refractivity contribution is 7.10. The molecule has 1 saturated heterocycles. The average Bonchev–Trinajstić information content (AvgIpc) is 3.28. The van der Waals surface area contributed by atoms with Gasteiger partial charge in [-0.2, -0.15) is 5.10 Å². The summed E-state index contributed by atoms with van der Waals surface area (Å²) in [6, 6.07) is 4.11. The lowest BCUT2D eigenvalue weighted by atomic mass is 9.78. The smallest absolute Gasteiger partial charge is 0.225 e. The third-order valence-electron chi connectivity index (χ3n) is 6.56. The maximum atomic E-state index is 12.7. The van der Waals surface area contributed by atoms with Crippen molar-refractivity contribution in [1.29, 1.82) is 0 Å². The van der Waals surface area contributed by atoms with E-state index in [9.17, 15) is 4.79 Å². The molecule has 1 aliphatic carbocycles. The molecule has 7 heteroatoms. The molecule has 1 spiro atoms. The summed E-state index contributed by atoms with van der Waals surface area (Å²) in [6.45, 7) is 7.63. The van der Waals surface area contributed by atoms with Crippen LogP contribution in [-0.2, 0) is 29.5 Å². The second-order valence-corrected chi connectivity index (χ2v) is 9.55. The van der Waals surface area contributed by atoms with Crippen LogP contribution in [0, 0.1) is 13.8 Å². The Morgan fingerprint density at radius 3 is 3.00 bits per heavy atom. The number of aryl methyl sites for hydroxylation is 2. The molecule has 6 nitrogen and oxygen atoms in total. The van der Waals surface area contributed by atoms with E-state index in [4.69, 9.17) is 4.74 Å². The molecule has 2 aromatic heterocycles. The molecule has 2 fully saturated rings. The fourth-order valence-electron chi connectivity index (χ4n) is 4.88. The molecule has 158 valence electrons. The summed E-state index contributed by atoms with van der Waals surface area (Å²) in [5, 5.41) is 9.92. The molecule has 0 radical (unpaired) electrons. The summed E-state index contributed by atoms with van der Waals surface area (Å²) in [7, 11) is 2.01. The third-order valence-corrected chi connectivity index (χ3v) is 7.43. The Bertz CT molecular complexity index is 843. The number of morpholine rings is 1. The monoisotopic (exact) mass is 416 g/mol. The molecule has 3 heterocycles. The highest BCUT2D eigenvalue weighted by atomic mass is 32.1. The van der Waals surface area contributed by atoms with Gasteiger partial charge in [0.25, 0.3) is 0 Å². The van der Waals surface area contributed by atoms with Crippen molar-refractivity contribution < 1.29 is 9.53 Å². The fourth-order valence-corrected chi connectivity index (χ4v) is 5.58. The highest BCUT2D eigenvalue weighted by Crippen LogP contribution is 2.35. The maximum Gasteiger partial charge on any atom is 0.225 e. The topological polar surface area (TPSA) is 59.4 Å². The molecule has 1 amide bonds. The van der Waals surface area contributed by atoms with Gasteiger partial charge in [-0.25, -0.2) is 0 Å². The van der Waals surface area contributed by atoms with Crippen LogP contribution in [0.5, 0.6) is 0 Å². The van der Waals surface area contributed by atoms with Gasteiger partial charge in [-0.15, -0.1) is 11.3 Å². The normalized spacial score (nSPS) is 25.4. The molecule has 2 atom stereocenters. The van der Waals surface area contributed by atoms with Crippen molar-refractivity contribution in [2.24, 2.45) is 7.05 Å². The van der Waals surface area contributed by atoms with Gasteiger partial charge >= 0.3 is 0 Å². The molecule has 0 bridgehead atoms. The van der Waals surface area contributed by atoms with Gasteiger partial charge in [0.05, 0.1) is 24.8 Å². The Balaban J connectivity index is 1.45. The highest BCUT2D eigenvalue weighted by Gasteiger charge is 2.45. The van der Waals surface area contributed by atoms with E-state index in [1.807, 2.05) is 29.2 Å². The number of thiophene rings is 1. The average molecular weight is 417 g/mol. The van der Waals surface area contributed by atoms with E-state index in [2.05, 4.69) is 29.2 Å². The van der Waals surface area contributed by atoms with Crippen LogP contribution in [0.15, 0.2) is 17.5 Å². The SMILES string of the molecule is Cc1nn(C)c(C)c1CN1CCO[C@]2(CCCC[C@H]2NC(=O)Cc2cccs2)C1. The molecule has 1 aliphatic heterocycles. The summed E-state index contributed by atoms with van der Waals surface area (Å²) in [4.78, 5) is 16.3. The Morgan fingerprint density at radius 1 is 1.41 bits per heavy atom. The minimum atomic E-state index is -0.272. The molecule has 4 rings (SSSR count). The van der Waals surface area contributed by atoms with Crippen molar-refractivity contribution in [2.75, 3.05) is 19.7 Å². The van der Waals surface area contributed by atoms with E-state index in [1.54, 1.807) is 11.3 Å². The van der Waals surface area contributed by atoms with Gasteiger partial charge in [0.1, 0.15) is 5.60 Å². The summed E-state index contributed by atoms with van der Waals surface area (Å²) in [5.74, 6) is 0.110. The lowest BCUT2D eigenvalue weighted by Gasteiger charge is -2.49. The van der Waals surface area contributed by atoms with E-state index in [1.165, 1.54) is 11.3 Å². The van der Waals surface area contributed by atoms with Crippen LogP contribution < -0.4 is 5.32 Å². The molecular formula is C22H32N4O2S. The van der Waals surface area contributed by atoms with E-state index < -0.39 is 0 Å². The van der Waals surface area contributed by atoms with E-state index >= 15 is 0 Å². The van der Waals surface area contributed by atoms with Crippen LogP contribution in [-0.4, -0.2) is 51.9 Å². The Morgan fingerprint density at radius 2 is 2.28 bits per heavy atom. The minimum Gasteiger partial charge on any atom is -0.370 e. The number of amides is 1. The van der Waals surface area contributed by atoms with Gasteiger partial charge in [0, 0.05) is 42.8 Å². The summed E-state index contributed by atoms with van der Waals surface area (Å²) >= 11 is 1.64. The predicted octanol–water partition coefficient (Wildman–Crippen LogP) is 2.97. The van der Waals surface area contributed by atoms with Crippen molar-refractivity contribution in [3.8, 4) is 0 Å². The van der Waals surface area contributed by atoms with Crippen molar-refractivity contribution in [1.82, 2.24) is 20.0 Å². The molecular weight excluding hydrogens is 384 g/mol. The van der Waals surface area contributed by atoms with E-state index in [0.717, 1.165) is 62.5 Å². The lowest BCUT2D eigenvalue weighted by Crippen LogP contribution is -2.64. The van der Waals surface area contributed by atoms with Crippen LogP contribution in [0.4, 0.5) is 0 Å². The summed E-state index contributed by atoms with van der Waals surface area (Å²) < 4.78 is 8.38. The number of hydrogen-bond donors (Lipinski definition) is 1.